The predicted molar refractivity (Wildman–Crippen MR) is 73.8 cm³/mol. The summed E-state index contributed by atoms with van der Waals surface area (Å²) in [6.07, 6.45) is 2.44. The summed E-state index contributed by atoms with van der Waals surface area (Å²) < 4.78 is 0. The lowest BCUT2D eigenvalue weighted by Crippen LogP contribution is -2.40. The fourth-order valence-electron chi connectivity index (χ4n) is 2.28. The first-order valence-corrected chi connectivity index (χ1v) is 6.78. The highest BCUT2D eigenvalue weighted by molar-refractivity contribution is 6.42. The molecule has 1 heterocycles. The van der Waals surface area contributed by atoms with Crippen LogP contribution in [0.5, 0.6) is 0 Å². The molecule has 94 valence electrons. The van der Waals surface area contributed by atoms with Gasteiger partial charge in [0.25, 0.3) is 0 Å². The van der Waals surface area contributed by atoms with Gasteiger partial charge in [0.1, 0.15) is 0 Å². The van der Waals surface area contributed by atoms with E-state index in [9.17, 15) is 0 Å². The number of nitrogens with zero attached hydrogens (tertiary/aromatic N) is 1. The normalized spacial score (nSPS) is 18.5. The van der Waals surface area contributed by atoms with E-state index in [0.29, 0.717) is 16.1 Å². The zero-order valence-electron chi connectivity index (χ0n) is 10.0. The Morgan fingerprint density at radius 3 is 2.53 bits per heavy atom. The van der Waals surface area contributed by atoms with Crippen LogP contribution in [0.25, 0.3) is 0 Å². The largest absolute Gasteiger partial charge is 0.317 e. The summed E-state index contributed by atoms with van der Waals surface area (Å²) in [5.41, 5.74) is 1.24. The van der Waals surface area contributed by atoms with E-state index in [1.54, 1.807) is 0 Å². The van der Waals surface area contributed by atoms with Gasteiger partial charge in [0.15, 0.2) is 0 Å². The van der Waals surface area contributed by atoms with Crippen molar-refractivity contribution < 1.29 is 0 Å². The van der Waals surface area contributed by atoms with Crippen LogP contribution in [0, 0.1) is 0 Å². The Labute approximate surface area is 113 Å². The molecular weight excluding hydrogens is 255 g/mol. The van der Waals surface area contributed by atoms with E-state index in [-0.39, 0.29) is 0 Å². The molecule has 1 aromatic rings. The molecule has 1 fully saturated rings. The topological polar surface area (TPSA) is 15.3 Å². The second kappa shape index (κ2) is 6.05. The Morgan fingerprint density at radius 1 is 1.24 bits per heavy atom. The molecule has 0 atom stereocenters. The summed E-state index contributed by atoms with van der Waals surface area (Å²) in [7, 11) is 2.04. The average molecular weight is 273 g/mol. The van der Waals surface area contributed by atoms with Crippen LogP contribution >= 0.6 is 23.2 Å². The van der Waals surface area contributed by atoms with Gasteiger partial charge in [-0.05, 0) is 50.7 Å². The SMILES string of the molecule is CNC1CCN(Cc2ccc(Cl)c(Cl)c2)CC1. The lowest BCUT2D eigenvalue weighted by Gasteiger charge is -2.31. The fraction of sp³-hybridized carbons (Fsp3) is 0.538. The summed E-state index contributed by atoms with van der Waals surface area (Å²) in [4.78, 5) is 2.47. The van der Waals surface area contributed by atoms with Crippen LogP contribution < -0.4 is 5.32 Å². The maximum atomic E-state index is 6.02. The van der Waals surface area contributed by atoms with E-state index in [4.69, 9.17) is 23.2 Å². The lowest BCUT2D eigenvalue weighted by atomic mass is 10.0. The molecule has 1 aliphatic heterocycles. The van der Waals surface area contributed by atoms with Gasteiger partial charge in [0, 0.05) is 12.6 Å². The quantitative estimate of drug-likeness (QED) is 0.910. The van der Waals surface area contributed by atoms with E-state index in [0.717, 1.165) is 19.6 Å². The lowest BCUT2D eigenvalue weighted by molar-refractivity contribution is 0.194. The van der Waals surface area contributed by atoms with Crippen molar-refractivity contribution in [2.24, 2.45) is 0 Å². The molecule has 1 aliphatic rings. The first-order valence-electron chi connectivity index (χ1n) is 6.02. The predicted octanol–water partition coefficient (Wildman–Crippen LogP) is 3.18. The maximum absolute atomic E-state index is 6.02. The highest BCUT2D eigenvalue weighted by Gasteiger charge is 2.17. The summed E-state index contributed by atoms with van der Waals surface area (Å²) in [5, 5.41) is 4.62. The molecule has 2 rings (SSSR count). The molecule has 1 N–H and O–H groups in total. The number of nitrogens with one attached hydrogen (secondary N) is 1. The van der Waals surface area contributed by atoms with Crippen molar-refractivity contribution >= 4 is 23.2 Å². The molecule has 0 bridgehead atoms. The third-order valence-corrected chi connectivity index (χ3v) is 4.13. The Bertz CT molecular complexity index is 374. The zero-order valence-corrected chi connectivity index (χ0v) is 11.6. The van der Waals surface area contributed by atoms with Gasteiger partial charge in [0.2, 0.25) is 0 Å². The minimum Gasteiger partial charge on any atom is -0.317 e. The summed E-state index contributed by atoms with van der Waals surface area (Å²) in [6.45, 7) is 3.25. The summed E-state index contributed by atoms with van der Waals surface area (Å²) >= 11 is 11.9. The Hall–Kier alpha value is -0.280. The number of hydrogen-bond donors (Lipinski definition) is 1. The number of piperidine rings is 1. The summed E-state index contributed by atoms with van der Waals surface area (Å²) in [6, 6.07) is 6.58. The average Bonchev–Trinajstić information content (AvgIpc) is 2.35. The van der Waals surface area contributed by atoms with Crippen molar-refractivity contribution in [2.45, 2.75) is 25.4 Å². The molecule has 1 aromatic carbocycles. The van der Waals surface area contributed by atoms with Crippen molar-refractivity contribution in [3.63, 3.8) is 0 Å². The van der Waals surface area contributed by atoms with Crippen molar-refractivity contribution in [3.8, 4) is 0 Å². The second-order valence-corrected chi connectivity index (χ2v) is 5.40. The minimum absolute atomic E-state index is 0.629. The highest BCUT2D eigenvalue weighted by Crippen LogP contribution is 2.23. The number of likely N-dealkylation sites (tertiary alicyclic amines) is 1. The first kappa shape index (κ1) is 13.2. The molecule has 1 saturated heterocycles. The van der Waals surface area contributed by atoms with Crippen LogP contribution in [0.4, 0.5) is 0 Å². The third-order valence-electron chi connectivity index (χ3n) is 3.39. The van der Waals surface area contributed by atoms with E-state index in [1.807, 2.05) is 19.2 Å². The Kier molecular flexibility index (Phi) is 4.69. The monoisotopic (exact) mass is 272 g/mol. The van der Waals surface area contributed by atoms with Gasteiger partial charge < -0.3 is 5.32 Å². The Morgan fingerprint density at radius 2 is 1.94 bits per heavy atom. The first-order chi connectivity index (χ1) is 8.19. The molecule has 4 heteroatoms. The second-order valence-electron chi connectivity index (χ2n) is 4.59. The molecule has 0 aromatic heterocycles. The van der Waals surface area contributed by atoms with Gasteiger partial charge in [-0.25, -0.2) is 0 Å². The molecule has 0 spiro atoms. The van der Waals surface area contributed by atoms with Gasteiger partial charge in [-0.2, -0.15) is 0 Å². The highest BCUT2D eigenvalue weighted by atomic mass is 35.5. The van der Waals surface area contributed by atoms with Gasteiger partial charge >= 0.3 is 0 Å². The van der Waals surface area contributed by atoms with Gasteiger partial charge in [-0.3, -0.25) is 4.90 Å². The van der Waals surface area contributed by atoms with Gasteiger partial charge in [0.05, 0.1) is 10.0 Å². The molecule has 0 unspecified atom stereocenters. The smallest absolute Gasteiger partial charge is 0.0595 e. The van der Waals surface area contributed by atoms with E-state index in [1.165, 1.54) is 18.4 Å². The Balaban J connectivity index is 1.91. The summed E-state index contributed by atoms with van der Waals surface area (Å²) in [5.74, 6) is 0. The van der Waals surface area contributed by atoms with Crippen molar-refractivity contribution in [2.75, 3.05) is 20.1 Å². The standard InChI is InChI=1S/C13H18Cl2N2/c1-16-11-4-6-17(7-5-11)9-10-2-3-12(14)13(15)8-10/h2-3,8,11,16H,4-7,9H2,1H3. The third kappa shape index (κ3) is 3.59. The van der Waals surface area contributed by atoms with Crippen LogP contribution in [-0.2, 0) is 6.54 Å². The van der Waals surface area contributed by atoms with E-state index in [2.05, 4.69) is 16.3 Å². The van der Waals surface area contributed by atoms with Crippen molar-refractivity contribution in [3.05, 3.63) is 33.8 Å². The number of halogens is 2. The molecule has 0 saturated carbocycles. The molecule has 17 heavy (non-hydrogen) atoms. The number of benzene rings is 1. The van der Waals surface area contributed by atoms with Crippen molar-refractivity contribution in [1.29, 1.82) is 0 Å². The van der Waals surface area contributed by atoms with Gasteiger partial charge in [-0.15, -0.1) is 0 Å². The molecule has 0 radical (unpaired) electrons. The minimum atomic E-state index is 0.629. The van der Waals surface area contributed by atoms with Crippen LogP contribution in [0.3, 0.4) is 0 Å². The van der Waals surface area contributed by atoms with Crippen LogP contribution in [0.1, 0.15) is 18.4 Å². The molecule has 0 amide bonds. The van der Waals surface area contributed by atoms with E-state index >= 15 is 0 Å². The number of rotatable bonds is 3. The maximum Gasteiger partial charge on any atom is 0.0595 e. The van der Waals surface area contributed by atoms with Crippen molar-refractivity contribution in [1.82, 2.24) is 10.2 Å². The van der Waals surface area contributed by atoms with E-state index < -0.39 is 0 Å². The fourth-order valence-corrected chi connectivity index (χ4v) is 2.60. The van der Waals surface area contributed by atoms with Crippen LogP contribution in [-0.4, -0.2) is 31.1 Å². The zero-order chi connectivity index (χ0) is 12.3. The molecule has 0 aliphatic carbocycles. The number of hydrogen-bond acceptors (Lipinski definition) is 2. The van der Waals surface area contributed by atoms with Crippen LogP contribution in [0.2, 0.25) is 10.0 Å². The molecular formula is C13H18Cl2N2. The van der Waals surface area contributed by atoms with Gasteiger partial charge in [-0.1, -0.05) is 29.3 Å². The molecule has 2 nitrogen and oxygen atoms in total. The van der Waals surface area contributed by atoms with Crippen LogP contribution in [0.15, 0.2) is 18.2 Å².